The average molecular weight is 371 g/mol. The van der Waals surface area contributed by atoms with E-state index >= 15 is 0 Å². The number of benzene rings is 1. The van der Waals surface area contributed by atoms with Gasteiger partial charge in [0.05, 0.1) is 0 Å². The molecule has 1 N–H and O–H groups in total. The molecule has 0 aromatic heterocycles. The van der Waals surface area contributed by atoms with Crippen LogP contribution in [-0.4, -0.2) is 52.8 Å². The summed E-state index contributed by atoms with van der Waals surface area (Å²) >= 11 is 0. The fourth-order valence-corrected chi connectivity index (χ4v) is 4.12. The molecule has 6 nitrogen and oxygen atoms in total. The normalized spacial score (nSPS) is 20.1. The van der Waals surface area contributed by atoms with Crippen molar-refractivity contribution in [2.24, 2.45) is 5.92 Å². The van der Waals surface area contributed by atoms with E-state index in [9.17, 15) is 14.4 Å². The van der Waals surface area contributed by atoms with Crippen molar-refractivity contribution >= 4 is 17.8 Å². The molecule has 2 fully saturated rings. The number of piperidine rings is 1. The van der Waals surface area contributed by atoms with Gasteiger partial charge in [0, 0.05) is 13.1 Å². The van der Waals surface area contributed by atoms with Crippen LogP contribution in [0.5, 0.6) is 0 Å². The van der Waals surface area contributed by atoms with Crippen LogP contribution in [0.3, 0.4) is 0 Å². The fraction of sp³-hybridized carbons (Fsp3) is 0.571. The maximum Gasteiger partial charge on any atom is 0.325 e. The van der Waals surface area contributed by atoms with Crippen LogP contribution in [0.2, 0.25) is 0 Å². The highest BCUT2D eigenvalue weighted by Crippen LogP contribution is 2.26. The molecular weight excluding hydrogens is 342 g/mol. The Bertz CT molecular complexity index is 692. The first-order chi connectivity index (χ1) is 13.0. The van der Waals surface area contributed by atoms with Crippen molar-refractivity contribution in [1.29, 1.82) is 0 Å². The maximum atomic E-state index is 12.6. The number of hydrogen-bond donors (Lipinski definition) is 1. The zero-order valence-electron chi connectivity index (χ0n) is 16.2. The predicted octanol–water partition coefficient (Wildman–Crippen LogP) is 2.58. The number of nitrogens with one attached hydrogen (secondary N) is 1. The molecule has 3 rings (SSSR count). The minimum absolute atomic E-state index is 0.139. The third-order valence-electron chi connectivity index (χ3n) is 6.08. The fourth-order valence-electron chi connectivity index (χ4n) is 4.12. The average Bonchev–Trinajstić information content (AvgIpc) is 2.94. The molecule has 2 saturated heterocycles. The molecule has 1 aromatic carbocycles. The van der Waals surface area contributed by atoms with Gasteiger partial charge in [-0.1, -0.05) is 44.2 Å². The second kappa shape index (κ2) is 8.11. The predicted molar refractivity (Wildman–Crippen MR) is 103 cm³/mol. The summed E-state index contributed by atoms with van der Waals surface area (Å²) < 4.78 is 0. The summed E-state index contributed by atoms with van der Waals surface area (Å²) in [6, 6.07) is 9.96. The third kappa shape index (κ3) is 3.99. The molecule has 0 aliphatic carbocycles. The van der Waals surface area contributed by atoms with E-state index < -0.39 is 11.6 Å². The Balaban J connectivity index is 1.52. The van der Waals surface area contributed by atoms with Gasteiger partial charge in [-0.2, -0.15) is 0 Å². The highest BCUT2D eigenvalue weighted by Gasteiger charge is 2.49. The number of rotatable bonds is 6. The summed E-state index contributed by atoms with van der Waals surface area (Å²) in [5.41, 5.74) is 0.483. The number of carbonyl (C=O) groups is 3. The molecule has 0 spiro atoms. The Morgan fingerprint density at radius 2 is 1.74 bits per heavy atom. The van der Waals surface area contributed by atoms with Crippen LogP contribution >= 0.6 is 0 Å². The molecular formula is C21H29N3O3. The first-order valence-corrected chi connectivity index (χ1v) is 9.95. The lowest BCUT2D eigenvalue weighted by atomic mass is 9.90. The van der Waals surface area contributed by atoms with Crippen LogP contribution in [0.4, 0.5) is 4.79 Å². The van der Waals surface area contributed by atoms with E-state index in [2.05, 4.69) is 29.6 Å². The van der Waals surface area contributed by atoms with Gasteiger partial charge in [0.2, 0.25) is 5.91 Å². The number of imide groups is 1. The van der Waals surface area contributed by atoms with Gasteiger partial charge in [-0.15, -0.1) is 0 Å². The zero-order chi connectivity index (χ0) is 19.4. The van der Waals surface area contributed by atoms with Gasteiger partial charge in [0.15, 0.2) is 0 Å². The molecule has 0 atom stereocenters. The molecule has 2 heterocycles. The summed E-state index contributed by atoms with van der Waals surface area (Å²) in [7, 11) is 0. The maximum absolute atomic E-state index is 12.6. The molecule has 0 unspecified atom stereocenters. The SMILES string of the molecule is CCC1(CC)NC(=O)N(CC(=O)N2CCC(Cc3ccccc3)CC2)C1=O. The number of urea groups is 1. The Labute approximate surface area is 160 Å². The monoisotopic (exact) mass is 371 g/mol. The lowest BCUT2D eigenvalue weighted by Gasteiger charge is -2.33. The summed E-state index contributed by atoms with van der Waals surface area (Å²) in [5, 5.41) is 2.78. The summed E-state index contributed by atoms with van der Waals surface area (Å²) in [6.07, 6.45) is 4.00. The largest absolute Gasteiger partial charge is 0.341 e. The van der Waals surface area contributed by atoms with Crippen LogP contribution < -0.4 is 5.32 Å². The summed E-state index contributed by atoms with van der Waals surface area (Å²) in [4.78, 5) is 40.4. The molecule has 2 aliphatic rings. The minimum Gasteiger partial charge on any atom is -0.341 e. The first-order valence-electron chi connectivity index (χ1n) is 9.95. The van der Waals surface area contributed by atoms with Crippen molar-refractivity contribution in [3.63, 3.8) is 0 Å². The smallest absolute Gasteiger partial charge is 0.325 e. The van der Waals surface area contributed by atoms with Crippen LogP contribution in [0.15, 0.2) is 30.3 Å². The lowest BCUT2D eigenvalue weighted by molar-refractivity contribution is -0.139. The number of likely N-dealkylation sites (tertiary alicyclic amines) is 1. The van der Waals surface area contributed by atoms with Gasteiger partial charge in [-0.05, 0) is 43.6 Å². The molecule has 27 heavy (non-hydrogen) atoms. The Kier molecular flexibility index (Phi) is 5.82. The molecule has 146 valence electrons. The van der Waals surface area contributed by atoms with Gasteiger partial charge < -0.3 is 10.2 Å². The lowest BCUT2D eigenvalue weighted by Crippen LogP contribution is -2.48. The van der Waals surface area contributed by atoms with Crippen LogP contribution in [-0.2, 0) is 16.0 Å². The molecule has 4 amide bonds. The van der Waals surface area contributed by atoms with Crippen molar-refractivity contribution in [2.75, 3.05) is 19.6 Å². The van der Waals surface area contributed by atoms with Crippen molar-refractivity contribution in [3.05, 3.63) is 35.9 Å². The number of amides is 4. The molecule has 0 bridgehead atoms. The number of carbonyl (C=O) groups excluding carboxylic acids is 3. The minimum atomic E-state index is -0.847. The Morgan fingerprint density at radius 3 is 2.30 bits per heavy atom. The van der Waals surface area contributed by atoms with E-state index in [1.165, 1.54) is 5.56 Å². The number of nitrogens with zero attached hydrogens (tertiary/aromatic N) is 2. The van der Waals surface area contributed by atoms with Crippen molar-refractivity contribution in [1.82, 2.24) is 15.1 Å². The second-order valence-electron chi connectivity index (χ2n) is 7.62. The highest BCUT2D eigenvalue weighted by molar-refractivity contribution is 6.08. The Morgan fingerprint density at radius 1 is 1.11 bits per heavy atom. The van der Waals surface area contributed by atoms with Gasteiger partial charge in [0.1, 0.15) is 12.1 Å². The Hall–Kier alpha value is -2.37. The van der Waals surface area contributed by atoms with Crippen LogP contribution in [0.1, 0.15) is 45.1 Å². The first kappa shape index (κ1) is 19.4. The van der Waals surface area contributed by atoms with Crippen molar-refractivity contribution in [3.8, 4) is 0 Å². The van der Waals surface area contributed by atoms with E-state index in [-0.39, 0.29) is 18.4 Å². The van der Waals surface area contributed by atoms with Crippen molar-refractivity contribution in [2.45, 2.75) is 51.5 Å². The van der Waals surface area contributed by atoms with Gasteiger partial charge in [-0.3, -0.25) is 14.5 Å². The molecule has 6 heteroatoms. The van der Waals surface area contributed by atoms with Crippen LogP contribution in [0.25, 0.3) is 0 Å². The summed E-state index contributed by atoms with van der Waals surface area (Å²) in [6.45, 7) is 4.98. The van der Waals surface area contributed by atoms with Gasteiger partial charge in [-0.25, -0.2) is 4.79 Å². The zero-order valence-corrected chi connectivity index (χ0v) is 16.2. The quantitative estimate of drug-likeness (QED) is 0.782. The summed E-state index contributed by atoms with van der Waals surface area (Å²) in [5.74, 6) is 0.158. The topological polar surface area (TPSA) is 69.7 Å². The van der Waals surface area contributed by atoms with Crippen LogP contribution in [0, 0.1) is 5.92 Å². The molecule has 0 saturated carbocycles. The van der Waals surface area contributed by atoms with E-state index in [0.717, 1.165) is 24.2 Å². The van der Waals surface area contributed by atoms with Gasteiger partial charge in [0.25, 0.3) is 5.91 Å². The highest BCUT2D eigenvalue weighted by atomic mass is 16.2. The van der Waals surface area contributed by atoms with E-state index in [4.69, 9.17) is 0 Å². The second-order valence-corrected chi connectivity index (χ2v) is 7.62. The van der Waals surface area contributed by atoms with E-state index in [1.807, 2.05) is 19.9 Å². The third-order valence-corrected chi connectivity index (χ3v) is 6.08. The molecule has 1 aromatic rings. The van der Waals surface area contributed by atoms with E-state index in [1.54, 1.807) is 4.90 Å². The molecule has 2 aliphatic heterocycles. The van der Waals surface area contributed by atoms with E-state index in [0.29, 0.717) is 31.8 Å². The molecule has 0 radical (unpaired) electrons. The standard InChI is InChI=1S/C21H29N3O3/c1-3-21(4-2)19(26)24(20(27)22-21)15-18(25)23-12-10-17(11-13-23)14-16-8-6-5-7-9-16/h5-9,17H,3-4,10-15H2,1-2H3,(H,22,27). The van der Waals surface area contributed by atoms with Crippen molar-refractivity contribution < 1.29 is 14.4 Å². The van der Waals surface area contributed by atoms with Gasteiger partial charge >= 0.3 is 6.03 Å². The number of hydrogen-bond acceptors (Lipinski definition) is 3.